The van der Waals surface area contributed by atoms with Gasteiger partial charge in [-0.05, 0) is 18.1 Å². The van der Waals surface area contributed by atoms with Gasteiger partial charge < -0.3 is 10.6 Å². The number of anilines is 1. The quantitative estimate of drug-likeness (QED) is 0.798. The Hall–Kier alpha value is -2.09. The third-order valence-electron chi connectivity index (χ3n) is 2.23. The lowest BCUT2D eigenvalue weighted by molar-refractivity contribution is -0.120. The molecule has 1 aromatic rings. The molecule has 96 valence electrons. The van der Waals surface area contributed by atoms with Gasteiger partial charge in [0.2, 0.25) is 5.91 Å². The predicted molar refractivity (Wildman–Crippen MR) is 69.9 cm³/mol. The minimum atomic E-state index is 0.0210. The normalized spacial score (nSPS) is 9.89. The number of nitriles is 1. The van der Waals surface area contributed by atoms with Gasteiger partial charge in [0.25, 0.3) is 0 Å². The van der Waals surface area contributed by atoms with Crippen molar-refractivity contribution in [3.8, 4) is 6.07 Å². The summed E-state index contributed by atoms with van der Waals surface area (Å²) in [4.78, 5) is 15.5. The molecule has 2 N–H and O–H groups in total. The van der Waals surface area contributed by atoms with Gasteiger partial charge in [-0.2, -0.15) is 5.26 Å². The number of nitrogens with one attached hydrogen (secondary N) is 2. The van der Waals surface area contributed by atoms with Gasteiger partial charge in [0.15, 0.2) is 0 Å². The van der Waals surface area contributed by atoms with Crippen molar-refractivity contribution in [2.24, 2.45) is 5.92 Å². The molecule has 0 aromatic carbocycles. The van der Waals surface area contributed by atoms with Crippen LogP contribution in [0.25, 0.3) is 0 Å². The van der Waals surface area contributed by atoms with Crippen LogP contribution in [0, 0.1) is 17.2 Å². The molecule has 5 nitrogen and oxygen atoms in total. The van der Waals surface area contributed by atoms with E-state index in [1.807, 2.05) is 6.07 Å². The molecule has 0 aliphatic rings. The lowest BCUT2D eigenvalue weighted by Gasteiger charge is -2.08. The molecule has 18 heavy (non-hydrogen) atoms. The van der Waals surface area contributed by atoms with Crippen LogP contribution in [0.5, 0.6) is 0 Å². The highest BCUT2D eigenvalue weighted by Crippen LogP contribution is 2.03. The minimum absolute atomic E-state index is 0.0210. The third-order valence-corrected chi connectivity index (χ3v) is 2.23. The van der Waals surface area contributed by atoms with Crippen LogP contribution in [0.15, 0.2) is 18.2 Å². The van der Waals surface area contributed by atoms with E-state index in [0.717, 1.165) is 0 Å². The smallest absolute Gasteiger partial charge is 0.221 e. The largest absolute Gasteiger partial charge is 0.370 e. The van der Waals surface area contributed by atoms with E-state index in [-0.39, 0.29) is 5.91 Å². The van der Waals surface area contributed by atoms with Crippen LogP contribution in [-0.2, 0) is 4.79 Å². The molecule has 0 aliphatic carbocycles. The zero-order valence-corrected chi connectivity index (χ0v) is 10.7. The maximum absolute atomic E-state index is 11.4. The van der Waals surface area contributed by atoms with Gasteiger partial charge in [-0.3, -0.25) is 4.79 Å². The number of rotatable bonds is 6. The van der Waals surface area contributed by atoms with Crippen LogP contribution in [0.1, 0.15) is 26.0 Å². The molecule has 0 unspecified atom stereocenters. The van der Waals surface area contributed by atoms with Gasteiger partial charge in [-0.1, -0.05) is 19.9 Å². The van der Waals surface area contributed by atoms with E-state index in [0.29, 0.717) is 36.9 Å². The molecule has 0 spiro atoms. The number of aromatic nitrogens is 1. The summed E-state index contributed by atoms with van der Waals surface area (Å²) in [5, 5.41) is 14.5. The number of nitrogens with zero attached hydrogens (tertiary/aromatic N) is 2. The number of pyridine rings is 1. The first-order chi connectivity index (χ1) is 8.61. The molecule has 1 amide bonds. The topological polar surface area (TPSA) is 77.8 Å². The first-order valence-corrected chi connectivity index (χ1v) is 5.99. The Morgan fingerprint density at radius 2 is 2.28 bits per heavy atom. The Labute approximate surface area is 107 Å². The van der Waals surface area contributed by atoms with E-state index in [1.165, 1.54) is 0 Å². The number of amides is 1. The van der Waals surface area contributed by atoms with Crippen molar-refractivity contribution in [2.75, 3.05) is 18.4 Å². The Bertz CT molecular complexity index is 437. The fraction of sp³-hybridized carbons (Fsp3) is 0.462. The van der Waals surface area contributed by atoms with E-state index >= 15 is 0 Å². The van der Waals surface area contributed by atoms with Crippen LogP contribution >= 0.6 is 0 Å². The van der Waals surface area contributed by atoms with Gasteiger partial charge in [0.1, 0.15) is 17.6 Å². The highest BCUT2D eigenvalue weighted by atomic mass is 16.1. The lowest BCUT2D eigenvalue weighted by Crippen LogP contribution is -2.28. The molecule has 0 saturated carbocycles. The van der Waals surface area contributed by atoms with Gasteiger partial charge in [-0.25, -0.2) is 4.98 Å². The van der Waals surface area contributed by atoms with Crippen molar-refractivity contribution in [3.05, 3.63) is 23.9 Å². The zero-order chi connectivity index (χ0) is 13.4. The standard InChI is InChI=1S/C13H18N4O/c1-10(2)9-16-13(18)6-7-15-12-5-3-4-11(8-14)17-12/h3-5,10H,6-7,9H2,1-2H3,(H,15,17)(H,16,18). The summed E-state index contributed by atoms with van der Waals surface area (Å²) >= 11 is 0. The number of hydrogen-bond acceptors (Lipinski definition) is 4. The van der Waals surface area contributed by atoms with Crippen molar-refractivity contribution in [1.29, 1.82) is 5.26 Å². The van der Waals surface area contributed by atoms with E-state index in [1.54, 1.807) is 18.2 Å². The van der Waals surface area contributed by atoms with Gasteiger partial charge >= 0.3 is 0 Å². The third kappa shape index (κ3) is 5.30. The predicted octanol–water partition coefficient (Wildman–Crippen LogP) is 1.53. The monoisotopic (exact) mass is 246 g/mol. The first-order valence-electron chi connectivity index (χ1n) is 5.99. The van der Waals surface area contributed by atoms with Gasteiger partial charge in [0.05, 0.1) is 0 Å². The summed E-state index contributed by atoms with van der Waals surface area (Å²) in [5.41, 5.74) is 0.365. The Kier molecular flexibility index (Phi) is 5.65. The molecule has 0 fully saturated rings. The number of carbonyl (C=O) groups excluding carboxylic acids is 1. The summed E-state index contributed by atoms with van der Waals surface area (Å²) in [7, 11) is 0. The summed E-state index contributed by atoms with van der Waals surface area (Å²) in [6.45, 7) is 5.30. The van der Waals surface area contributed by atoms with Crippen LogP contribution in [-0.4, -0.2) is 24.0 Å². The molecule has 0 bridgehead atoms. The maximum Gasteiger partial charge on any atom is 0.221 e. The van der Waals surface area contributed by atoms with E-state index in [9.17, 15) is 4.79 Å². The fourth-order valence-corrected chi connectivity index (χ4v) is 1.31. The van der Waals surface area contributed by atoms with Crippen molar-refractivity contribution in [1.82, 2.24) is 10.3 Å². The van der Waals surface area contributed by atoms with Crippen LogP contribution in [0.2, 0.25) is 0 Å². The average molecular weight is 246 g/mol. The van der Waals surface area contributed by atoms with Crippen LogP contribution < -0.4 is 10.6 Å². The second-order valence-electron chi connectivity index (χ2n) is 4.39. The molecule has 1 aromatic heterocycles. The molecular formula is C13H18N4O. The lowest BCUT2D eigenvalue weighted by atomic mass is 10.2. The first kappa shape index (κ1) is 14.0. The maximum atomic E-state index is 11.4. The molecule has 1 heterocycles. The Balaban J connectivity index is 2.29. The van der Waals surface area contributed by atoms with Crippen molar-refractivity contribution in [2.45, 2.75) is 20.3 Å². The Morgan fingerprint density at radius 3 is 2.94 bits per heavy atom. The SMILES string of the molecule is CC(C)CNC(=O)CCNc1cccc(C#N)n1. The van der Waals surface area contributed by atoms with Crippen molar-refractivity contribution in [3.63, 3.8) is 0 Å². The Morgan fingerprint density at radius 1 is 1.50 bits per heavy atom. The van der Waals surface area contributed by atoms with E-state index in [2.05, 4.69) is 29.5 Å². The summed E-state index contributed by atoms with van der Waals surface area (Å²) in [6, 6.07) is 7.14. The van der Waals surface area contributed by atoms with Gasteiger partial charge in [-0.15, -0.1) is 0 Å². The van der Waals surface area contributed by atoms with Gasteiger partial charge in [0, 0.05) is 19.5 Å². The molecule has 0 atom stereocenters. The molecule has 5 heteroatoms. The fourth-order valence-electron chi connectivity index (χ4n) is 1.31. The van der Waals surface area contributed by atoms with Crippen LogP contribution in [0.4, 0.5) is 5.82 Å². The van der Waals surface area contributed by atoms with Crippen LogP contribution in [0.3, 0.4) is 0 Å². The second kappa shape index (κ2) is 7.28. The number of hydrogen-bond donors (Lipinski definition) is 2. The highest BCUT2D eigenvalue weighted by Gasteiger charge is 2.02. The average Bonchev–Trinajstić information content (AvgIpc) is 2.36. The van der Waals surface area contributed by atoms with E-state index < -0.39 is 0 Å². The molecule has 0 saturated heterocycles. The minimum Gasteiger partial charge on any atom is -0.370 e. The second-order valence-corrected chi connectivity index (χ2v) is 4.39. The summed E-state index contributed by atoms with van der Waals surface area (Å²) in [5.74, 6) is 1.09. The van der Waals surface area contributed by atoms with E-state index in [4.69, 9.17) is 5.26 Å². The molecular weight excluding hydrogens is 228 g/mol. The summed E-state index contributed by atoms with van der Waals surface area (Å²) in [6.07, 6.45) is 0.394. The van der Waals surface area contributed by atoms with Crippen molar-refractivity contribution >= 4 is 11.7 Å². The zero-order valence-electron chi connectivity index (χ0n) is 10.7. The summed E-state index contributed by atoms with van der Waals surface area (Å²) < 4.78 is 0. The highest BCUT2D eigenvalue weighted by molar-refractivity contribution is 5.76. The molecule has 1 rings (SSSR count). The van der Waals surface area contributed by atoms with Crippen molar-refractivity contribution < 1.29 is 4.79 Å². The number of carbonyl (C=O) groups is 1. The molecule has 0 radical (unpaired) electrons. The molecule has 0 aliphatic heterocycles.